The fourth-order valence-corrected chi connectivity index (χ4v) is 6.01. The smallest absolute Gasteiger partial charge is 0.312 e. The van der Waals surface area contributed by atoms with Crippen LogP contribution < -0.4 is 10.2 Å². The highest BCUT2D eigenvalue weighted by atomic mass is 32.2. The van der Waals surface area contributed by atoms with Gasteiger partial charge in [-0.15, -0.1) is 0 Å². The third kappa shape index (κ3) is 6.72. The van der Waals surface area contributed by atoms with E-state index in [4.69, 9.17) is 4.74 Å². The van der Waals surface area contributed by atoms with Gasteiger partial charge in [-0.1, -0.05) is 38.5 Å². The van der Waals surface area contributed by atoms with Crippen LogP contribution in [0.1, 0.15) is 66.1 Å². The molecule has 1 amide bonds. The minimum absolute atomic E-state index is 0.0477. The number of piperidine rings is 1. The summed E-state index contributed by atoms with van der Waals surface area (Å²) in [5.41, 5.74) is 4.51. The topological polar surface area (TPSA) is 131 Å². The summed E-state index contributed by atoms with van der Waals surface area (Å²) < 4.78 is 33.3. The van der Waals surface area contributed by atoms with Gasteiger partial charge in [0, 0.05) is 30.3 Å². The fourth-order valence-electron chi connectivity index (χ4n) is 4.45. The molecule has 1 aliphatic heterocycles. The van der Waals surface area contributed by atoms with E-state index >= 15 is 0 Å². The normalized spacial score (nSPS) is 14.4. The maximum atomic E-state index is 13.0. The number of nitrogens with one attached hydrogen (secondary N) is 1. The van der Waals surface area contributed by atoms with Gasteiger partial charge in [-0.25, -0.2) is 13.8 Å². The van der Waals surface area contributed by atoms with Gasteiger partial charge in [-0.2, -0.15) is 9.41 Å². The summed E-state index contributed by atoms with van der Waals surface area (Å²) in [6.45, 7) is 6.88. The number of hydrogen-bond donors (Lipinski definition) is 1. The van der Waals surface area contributed by atoms with E-state index in [1.54, 1.807) is 6.07 Å². The summed E-state index contributed by atoms with van der Waals surface area (Å²) >= 11 is 0. The van der Waals surface area contributed by atoms with E-state index in [9.17, 15) is 23.3 Å². The van der Waals surface area contributed by atoms with E-state index in [0.29, 0.717) is 24.4 Å². The molecule has 1 fully saturated rings. The number of nitro benzene ring substituents is 1. The van der Waals surface area contributed by atoms with Crippen molar-refractivity contribution >= 4 is 27.8 Å². The molecule has 0 aliphatic carbocycles. The molecule has 1 heterocycles. The van der Waals surface area contributed by atoms with Gasteiger partial charge in [-0.05, 0) is 73.2 Å². The predicted octanol–water partition coefficient (Wildman–Crippen LogP) is 5.76. The molecule has 1 saturated heterocycles. The second kappa shape index (κ2) is 12.4. The first-order chi connectivity index (χ1) is 19.1. The zero-order valence-corrected chi connectivity index (χ0v) is 23.5. The zero-order valence-electron chi connectivity index (χ0n) is 22.7. The lowest BCUT2D eigenvalue weighted by atomic mass is 10.0. The van der Waals surface area contributed by atoms with Crippen LogP contribution >= 0.6 is 0 Å². The van der Waals surface area contributed by atoms with Gasteiger partial charge in [0.25, 0.3) is 5.91 Å². The summed E-state index contributed by atoms with van der Waals surface area (Å²) in [7, 11) is -3.69. The van der Waals surface area contributed by atoms with E-state index in [-0.39, 0.29) is 27.8 Å². The number of aryl methyl sites for hydroxylation is 1. The molecule has 4 rings (SSSR count). The zero-order chi connectivity index (χ0) is 28.9. The average Bonchev–Trinajstić information content (AvgIpc) is 2.94. The monoisotopic (exact) mass is 564 g/mol. The Morgan fingerprint density at radius 3 is 2.50 bits per heavy atom. The molecule has 3 aromatic carbocycles. The molecular formula is C29H32N4O6S. The first kappa shape index (κ1) is 28.9. The number of hydrazone groups is 1. The van der Waals surface area contributed by atoms with Crippen LogP contribution in [0.3, 0.4) is 0 Å². The van der Waals surface area contributed by atoms with Gasteiger partial charge in [0.2, 0.25) is 15.8 Å². The first-order valence-electron chi connectivity index (χ1n) is 13.1. The summed E-state index contributed by atoms with van der Waals surface area (Å²) in [5, 5.41) is 15.7. The van der Waals surface area contributed by atoms with Crippen molar-refractivity contribution in [2.24, 2.45) is 5.10 Å². The Labute approximate surface area is 233 Å². The summed E-state index contributed by atoms with van der Waals surface area (Å²) in [5.74, 6) is 0.194. The molecule has 0 aromatic heterocycles. The molecule has 0 atom stereocenters. The van der Waals surface area contributed by atoms with Crippen molar-refractivity contribution in [3.8, 4) is 11.5 Å². The number of carbonyl (C=O) groups is 1. The van der Waals surface area contributed by atoms with Gasteiger partial charge in [0.15, 0.2) is 0 Å². The molecule has 11 heteroatoms. The molecule has 210 valence electrons. The number of nitro groups is 1. The van der Waals surface area contributed by atoms with Crippen molar-refractivity contribution in [1.82, 2.24) is 9.73 Å². The Kier molecular flexibility index (Phi) is 8.96. The van der Waals surface area contributed by atoms with Crippen LogP contribution in [0.15, 0.2) is 70.7 Å². The van der Waals surface area contributed by atoms with Crippen molar-refractivity contribution in [2.45, 2.75) is 50.8 Å². The van der Waals surface area contributed by atoms with E-state index in [0.717, 1.165) is 30.4 Å². The van der Waals surface area contributed by atoms with E-state index < -0.39 is 20.9 Å². The van der Waals surface area contributed by atoms with Crippen molar-refractivity contribution < 1.29 is 22.9 Å². The lowest BCUT2D eigenvalue weighted by molar-refractivity contribution is -0.385. The molecule has 0 radical (unpaired) electrons. The fraction of sp³-hybridized carbons (Fsp3) is 0.310. The summed E-state index contributed by atoms with van der Waals surface area (Å²) in [4.78, 5) is 24.0. The molecule has 10 nitrogen and oxygen atoms in total. The van der Waals surface area contributed by atoms with E-state index in [1.807, 2.05) is 39.0 Å². The number of rotatable bonds is 9. The number of ether oxygens (including phenoxy) is 1. The van der Waals surface area contributed by atoms with Gasteiger partial charge in [-0.3, -0.25) is 14.9 Å². The van der Waals surface area contributed by atoms with Gasteiger partial charge < -0.3 is 4.74 Å². The largest absolute Gasteiger partial charge is 0.450 e. The number of sulfonamides is 1. The maximum Gasteiger partial charge on any atom is 0.312 e. The number of nitrogens with zero attached hydrogens (tertiary/aromatic N) is 3. The third-order valence-corrected chi connectivity index (χ3v) is 8.51. The Hall–Kier alpha value is -4.09. The Morgan fingerprint density at radius 1 is 1.05 bits per heavy atom. The minimum Gasteiger partial charge on any atom is -0.450 e. The molecule has 0 bridgehead atoms. The summed E-state index contributed by atoms with van der Waals surface area (Å²) in [6.07, 6.45) is 3.89. The van der Waals surface area contributed by atoms with Crippen molar-refractivity contribution in [3.05, 3.63) is 93.0 Å². The molecule has 0 unspecified atom stereocenters. The molecule has 0 spiro atoms. The van der Waals surface area contributed by atoms with Crippen LogP contribution in [0.25, 0.3) is 0 Å². The molecule has 40 heavy (non-hydrogen) atoms. The summed E-state index contributed by atoms with van der Waals surface area (Å²) in [6, 6.07) is 15.9. The molecular weight excluding hydrogens is 532 g/mol. The van der Waals surface area contributed by atoms with E-state index in [1.165, 1.54) is 46.9 Å². The minimum atomic E-state index is -3.69. The lowest BCUT2D eigenvalue weighted by Gasteiger charge is -2.25. The quantitative estimate of drug-likeness (QED) is 0.200. The number of carbonyl (C=O) groups excluding carboxylic acids is 1. The predicted molar refractivity (Wildman–Crippen MR) is 153 cm³/mol. The molecule has 0 saturated carbocycles. The molecule has 1 N–H and O–H groups in total. The Bertz CT molecular complexity index is 1550. The van der Waals surface area contributed by atoms with Crippen LogP contribution in [-0.2, 0) is 10.0 Å². The third-order valence-electron chi connectivity index (χ3n) is 6.62. The average molecular weight is 565 g/mol. The second-order valence-corrected chi connectivity index (χ2v) is 11.9. The number of benzene rings is 3. The van der Waals surface area contributed by atoms with Gasteiger partial charge in [0.1, 0.15) is 5.75 Å². The number of hydrogen-bond acceptors (Lipinski definition) is 7. The van der Waals surface area contributed by atoms with Crippen LogP contribution in [0, 0.1) is 17.0 Å². The maximum absolute atomic E-state index is 13.0. The van der Waals surface area contributed by atoms with Gasteiger partial charge in [0.05, 0.1) is 16.0 Å². The van der Waals surface area contributed by atoms with Crippen molar-refractivity contribution in [2.75, 3.05) is 13.1 Å². The van der Waals surface area contributed by atoms with Gasteiger partial charge >= 0.3 is 5.69 Å². The standard InChI is InChI=1S/C29H32N4O6S/c1-20(2)25-12-10-21(3)16-28(25)39-27-13-11-22(17-26(27)33(35)36)19-30-31-29(34)23-8-7-9-24(18-23)40(37,38)32-14-5-4-6-15-32/h7-13,16-20H,4-6,14-15H2,1-3H3,(H,31,34). The van der Waals surface area contributed by atoms with Crippen LogP contribution in [0.4, 0.5) is 5.69 Å². The highest BCUT2D eigenvalue weighted by Crippen LogP contribution is 2.36. The number of amides is 1. The van der Waals surface area contributed by atoms with E-state index in [2.05, 4.69) is 10.5 Å². The second-order valence-electron chi connectivity index (χ2n) is 9.97. The van der Waals surface area contributed by atoms with Crippen LogP contribution in [0.5, 0.6) is 11.5 Å². The lowest BCUT2D eigenvalue weighted by Crippen LogP contribution is -2.35. The highest BCUT2D eigenvalue weighted by Gasteiger charge is 2.26. The SMILES string of the molecule is Cc1ccc(C(C)C)c(Oc2ccc(C=NNC(=O)c3cccc(S(=O)(=O)N4CCCCC4)c3)cc2[N+](=O)[O-])c1. The van der Waals surface area contributed by atoms with Crippen molar-refractivity contribution in [3.63, 3.8) is 0 Å². The van der Waals surface area contributed by atoms with Crippen LogP contribution in [-0.4, -0.2) is 42.9 Å². The Balaban J connectivity index is 1.49. The van der Waals surface area contributed by atoms with Crippen LogP contribution in [0.2, 0.25) is 0 Å². The first-order valence-corrected chi connectivity index (χ1v) is 14.5. The molecule has 1 aliphatic rings. The van der Waals surface area contributed by atoms with Crippen molar-refractivity contribution in [1.29, 1.82) is 0 Å². The Morgan fingerprint density at radius 2 is 1.80 bits per heavy atom. The highest BCUT2D eigenvalue weighted by molar-refractivity contribution is 7.89. The molecule has 3 aromatic rings.